The molecule has 2 rings (SSSR count). The van der Waals surface area contributed by atoms with Crippen molar-refractivity contribution in [2.45, 2.75) is 45.7 Å². The molecule has 0 aliphatic carbocycles. The van der Waals surface area contributed by atoms with Crippen molar-refractivity contribution in [3.8, 4) is 0 Å². The second kappa shape index (κ2) is 9.70. The van der Waals surface area contributed by atoms with Crippen molar-refractivity contribution in [1.82, 2.24) is 0 Å². The van der Waals surface area contributed by atoms with E-state index < -0.39 is 6.10 Å². The van der Waals surface area contributed by atoms with Crippen LogP contribution < -0.4 is 0 Å². The molecule has 5 atom stereocenters. The fourth-order valence-corrected chi connectivity index (χ4v) is 2.83. The lowest BCUT2D eigenvalue weighted by atomic mass is 9.90. The molecule has 0 saturated carbocycles. The summed E-state index contributed by atoms with van der Waals surface area (Å²) in [5.74, 6) is -0.405. The number of hydrogen-bond donors (Lipinski definition) is 1. The number of aliphatic hydroxyl groups is 1. The van der Waals surface area contributed by atoms with E-state index in [1.54, 1.807) is 13.0 Å². The highest BCUT2D eigenvalue weighted by atomic mass is 16.6. The Morgan fingerprint density at radius 3 is 2.72 bits per heavy atom. The Hall–Kier alpha value is -1.69. The van der Waals surface area contributed by atoms with Crippen molar-refractivity contribution in [2.75, 3.05) is 13.2 Å². The van der Waals surface area contributed by atoms with E-state index in [1.807, 2.05) is 44.2 Å². The molecule has 0 radical (unpaired) electrons. The molecule has 0 amide bonds. The van der Waals surface area contributed by atoms with Gasteiger partial charge in [-0.25, -0.2) is 4.79 Å². The number of benzene rings is 1. The number of epoxide rings is 1. The fraction of sp³-hybridized carbons (Fsp3) is 0.550. The van der Waals surface area contributed by atoms with Crippen LogP contribution in [0.5, 0.6) is 0 Å². The highest BCUT2D eigenvalue weighted by molar-refractivity contribution is 5.82. The normalized spacial score (nSPS) is 23.2. The zero-order chi connectivity index (χ0) is 18.2. The second-order valence-corrected chi connectivity index (χ2v) is 6.50. The molecule has 1 aliphatic heterocycles. The number of carbonyl (C=O) groups excluding carboxylic acids is 1. The van der Waals surface area contributed by atoms with E-state index >= 15 is 0 Å². The van der Waals surface area contributed by atoms with E-state index in [1.165, 1.54) is 6.08 Å². The molecule has 0 unspecified atom stereocenters. The van der Waals surface area contributed by atoms with Crippen LogP contribution in [0, 0.1) is 11.8 Å². The van der Waals surface area contributed by atoms with Crippen LogP contribution in [-0.4, -0.2) is 42.6 Å². The van der Waals surface area contributed by atoms with Gasteiger partial charge >= 0.3 is 5.97 Å². The van der Waals surface area contributed by atoms with Crippen LogP contribution in [0.4, 0.5) is 0 Å². The van der Waals surface area contributed by atoms with Gasteiger partial charge in [0.2, 0.25) is 0 Å². The minimum atomic E-state index is -0.526. The summed E-state index contributed by atoms with van der Waals surface area (Å²) in [5, 5.41) is 10.5. The van der Waals surface area contributed by atoms with E-state index in [4.69, 9.17) is 14.2 Å². The minimum Gasteiger partial charge on any atom is -0.463 e. The lowest BCUT2D eigenvalue weighted by molar-refractivity contribution is -0.137. The number of hydrogen-bond acceptors (Lipinski definition) is 5. The molecule has 0 bridgehead atoms. The van der Waals surface area contributed by atoms with Gasteiger partial charge in [-0.05, 0) is 18.6 Å². The van der Waals surface area contributed by atoms with Gasteiger partial charge in [-0.2, -0.15) is 0 Å². The smallest absolute Gasteiger partial charge is 0.330 e. The summed E-state index contributed by atoms with van der Waals surface area (Å²) in [6.07, 6.45) is 2.35. The lowest BCUT2D eigenvalue weighted by Gasteiger charge is -2.23. The summed E-state index contributed by atoms with van der Waals surface area (Å²) >= 11 is 0. The Balaban J connectivity index is 1.70. The maximum Gasteiger partial charge on any atom is 0.330 e. The van der Waals surface area contributed by atoms with Gasteiger partial charge in [0.15, 0.2) is 0 Å². The number of esters is 1. The number of aliphatic hydroxyl groups excluding tert-OH is 1. The quantitative estimate of drug-likeness (QED) is 0.400. The van der Waals surface area contributed by atoms with Crippen LogP contribution in [0.15, 0.2) is 42.5 Å². The topological polar surface area (TPSA) is 68.3 Å². The van der Waals surface area contributed by atoms with Gasteiger partial charge in [0.25, 0.3) is 0 Å². The molecule has 25 heavy (non-hydrogen) atoms. The molecular weight excluding hydrogens is 320 g/mol. The highest BCUT2D eigenvalue weighted by Crippen LogP contribution is 2.34. The Morgan fingerprint density at radius 2 is 2.04 bits per heavy atom. The Morgan fingerprint density at radius 1 is 1.32 bits per heavy atom. The largest absolute Gasteiger partial charge is 0.463 e. The third-order valence-corrected chi connectivity index (χ3v) is 4.40. The fourth-order valence-electron chi connectivity index (χ4n) is 2.83. The van der Waals surface area contributed by atoms with Gasteiger partial charge in [-0.15, -0.1) is 0 Å². The molecule has 1 heterocycles. The van der Waals surface area contributed by atoms with Gasteiger partial charge in [0.05, 0.1) is 32.0 Å². The van der Waals surface area contributed by atoms with Crippen molar-refractivity contribution >= 4 is 5.97 Å². The number of ether oxygens (including phenoxy) is 3. The van der Waals surface area contributed by atoms with Crippen LogP contribution >= 0.6 is 0 Å². The van der Waals surface area contributed by atoms with E-state index in [-0.39, 0.29) is 30.0 Å². The first kappa shape index (κ1) is 19.6. The van der Waals surface area contributed by atoms with Crippen LogP contribution in [0.25, 0.3) is 0 Å². The molecule has 1 fully saturated rings. The zero-order valence-electron chi connectivity index (χ0n) is 15.1. The first-order valence-electron chi connectivity index (χ1n) is 8.83. The monoisotopic (exact) mass is 348 g/mol. The van der Waals surface area contributed by atoms with Crippen molar-refractivity contribution < 1.29 is 24.1 Å². The van der Waals surface area contributed by atoms with E-state index in [2.05, 4.69) is 0 Å². The highest BCUT2D eigenvalue weighted by Gasteiger charge is 2.44. The molecule has 1 N–H and O–H groups in total. The average molecular weight is 348 g/mol. The van der Waals surface area contributed by atoms with E-state index in [0.717, 1.165) is 5.56 Å². The Kier molecular flexibility index (Phi) is 7.62. The van der Waals surface area contributed by atoms with Crippen molar-refractivity contribution in [2.24, 2.45) is 11.8 Å². The summed E-state index contributed by atoms with van der Waals surface area (Å²) in [4.78, 5) is 11.3. The Labute approximate surface area is 149 Å². The van der Waals surface area contributed by atoms with Gasteiger partial charge in [0.1, 0.15) is 6.10 Å². The SMILES string of the molecule is CCOC(=O)/C=C/[C@H]1O[C@@H]1[C@@H](C)[C@@H](O)[C@@H](C)COCc1ccccc1. The molecule has 1 saturated heterocycles. The van der Waals surface area contributed by atoms with E-state index in [9.17, 15) is 9.90 Å². The Bertz CT molecular complexity index is 556. The summed E-state index contributed by atoms with van der Waals surface area (Å²) in [6, 6.07) is 9.96. The lowest BCUT2D eigenvalue weighted by Crippen LogP contribution is -2.32. The predicted octanol–water partition coefficient (Wildman–Crippen LogP) is 2.72. The first-order valence-corrected chi connectivity index (χ1v) is 8.83. The van der Waals surface area contributed by atoms with Crippen molar-refractivity contribution in [3.05, 3.63) is 48.0 Å². The molecular formula is C20H28O5. The average Bonchev–Trinajstić information content (AvgIpc) is 3.39. The zero-order valence-corrected chi connectivity index (χ0v) is 15.1. The standard InChI is InChI=1S/C20H28O5/c1-4-24-18(21)11-10-17-20(25-17)15(3)19(22)14(2)12-23-13-16-8-6-5-7-9-16/h5-11,14-15,17,19-20,22H,4,12-13H2,1-3H3/b11-10+/t14-,15-,17+,19-,20+/m0/s1. The predicted molar refractivity (Wildman–Crippen MR) is 94.9 cm³/mol. The summed E-state index contributed by atoms with van der Waals surface area (Å²) in [7, 11) is 0. The first-order chi connectivity index (χ1) is 12.0. The molecule has 138 valence electrons. The molecule has 0 spiro atoms. The molecule has 1 aliphatic rings. The molecule has 1 aromatic rings. The summed E-state index contributed by atoms with van der Waals surface area (Å²) in [5.41, 5.74) is 1.12. The van der Waals surface area contributed by atoms with Gasteiger partial charge in [0, 0.05) is 17.9 Å². The molecule has 1 aromatic carbocycles. The number of carbonyl (C=O) groups is 1. The van der Waals surface area contributed by atoms with Crippen LogP contribution in [0.3, 0.4) is 0 Å². The van der Waals surface area contributed by atoms with Gasteiger partial charge < -0.3 is 19.3 Å². The van der Waals surface area contributed by atoms with Crippen LogP contribution in [-0.2, 0) is 25.6 Å². The molecule has 0 aromatic heterocycles. The third-order valence-electron chi connectivity index (χ3n) is 4.40. The van der Waals surface area contributed by atoms with Crippen molar-refractivity contribution in [1.29, 1.82) is 0 Å². The van der Waals surface area contributed by atoms with E-state index in [0.29, 0.717) is 19.8 Å². The maximum absolute atomic E-state index is 11.3. The van der Waals surface area contributed by atoms with Crippen LogP contribution in [0.1, 0.15) is 26.3 Å². The molecule has 5 heteroatoms. The third kappa shape index (κ3) is 6.27. The summed E-state index contributed by atoms with van der Waals surface area (Å²) < 4.78 is 16.1. The van der Waals surface area contributed by atoms with Crippen LogP contribution in [0.2, 0.25) is 0 Å². The van der Waals surface area contributed by atoms with Crippen molar-refractivity contribution in [3.63, 3.8) is 0 Å². The minimum absolute atomic E-state index is 0.00222. The van der Waals surface area contributed by atoms with Gasteiger partial charge in [-0.1, -0.05) is 44.2 Å². The second-order valence-electron chi connectivity index (χ2n) is 6.50. The maximum atomic E-state index is 11.3. The summed E-state index contributed by atoms with van der Waals surface area (Å²) in [6.45, 7) is 7.07. The number of rotatable bonds is 10. The van der Waals surface area contributed by atoms with Gasteiger partial charge in [-0.3, -0.25) is 0 Å². The molecule has 5 nitrogen and oxygen atoms in total.